The summed E-state index contributed by atoms with van der Waals surface area (Å²) in [7, 11) is 0. The Morgan fingerprint density at radius 2 is 1.82 bits per heavy atom. The van der Waals surface area contributed by atoms with Crippen LogP contribution in [0.5, 0.6) is 11.5 Å². The van der Waals surface area contributed by atoms with Crippen molar-refractivity contribution in [2.45, 2.75) is 12.5 Å². The Kier molecular flexibility index (Phi) is 4.13. The molecular formula is C23H19NO4. The molecule has 0 radical (unpaired) electrons. The molecule has 0 aliphatic carbocycles. The normalized spacial score (nSPS) is 15.6. The van der Waals surface area contributed by atoms with Crippen molar-refractivity contribution >= 4 is 27.6 Å². The zero-order valence-electron chi connectivity index (χ0n) is 15.2. The van der Waals surface area contributed by atoms with Crippen molar-refractivity contribution in [3.05, 3.63) is 72.5 Å². The Morgan fingerprint density at radius 3 is 2.75 bits per heavy atom. The molecule has 0 unspecified atom stereocenters. The van der Waals surface area contributed by atoms with Crippen LogP contribution in [-0.2, 0) is 11.2 Å². The van der Waals surface area contributed by atoms with Gasteiger partial charge >= 0.3 is 0 Å². The largest absolute Gasteiger partial charge is 0.486 e. The smallest absolute Gasteiger partial charge is 0.224 e. The van der Waals surface area contributed by atoms with Crippen LogP contribution in [0.4, 0.5) is 0 Å². The van der Waals surface area contributed by atoms with Crippen LogP contribution in [0.2, 0.25) is 0 Å². The van der Waals surface area contributed by atoms with Gasteiger partial charge in [0.1, 0.15) is 18.3 Å². The molecule has 1 aliphatic rings. The number of benzene rings is 3. The van der Waals surface area contributed by atoms with Gasteiger partial charge in [-0.05, 0) is 29.0 Å². The molecule has 5 rings (SSSR count). The first-order chi connectivity index (χ1) is 13.8. The van der Waals surface area contributed by atoms with Gasteiger partial charge in [-0.2, -0.15) is 0 Å². The minimum atomic E-state index is -0.208. The lowest BCUT2D eigenvalue weighted by atomic mass is 10.0. The van der Waals surface area contributed by atoms with E-state index < -0.39 is 0 Å². The van der Waals surface area contributed by atoms with Gasteiger partial charge in [0.25, 0.3) is 0 Å². The van der Waals surface area contributed by atoms with Gasteiger partial charge in [-0.3, -0.25) is 4.79 Å². The van der Waals surface area contributed by atoms with Crippen LogP contribution >= 0.6 is 0 Å². The van der Waals surface area contributed by atoms with E-state index in [1.807, 2.05) is 48.5 Å². The van der Waals surface area contributed by atoms with Gasteiger partial charge in [-0.25, -0.2) is 0 Å². The van der Waals surface area contributed by atoms with Gasteiger partial charge in [0.2, 0.25) is 5.91 Å². The minimum absolute atomic E-state index is 0.0712. The lowest BCUT2D eigenvalue weighted by molar-refractivity contribution is -0.120. The van der Waals surface area contributed by atoms with E-state index in [4.69, 9.17) is 13.9 Å². The molecule has 0 saturated carbocycles. The van der Waals surface area contributed by atoms with Crippen LogP contribution in [0, 0.1) is 0 Å². The third-order valence-electron chi connectivity index (χ3n) is 4.99. The predicted molar refractivity (Wildman–Crippen MR) is 107 cm³/mol. The summed E-state index contributed by atoms with van der Waals surface area (Å²) in [5, 5.41) is 6.17. The molecule has 1 aromatic heterocycles. The number of para-hydroxylation sites is 2. The number of fused-ring (bicyclic) bond motifs is 4. The van der Waals surface area contributed by atoms with E-state index in [-0.39, 0.29) is 18.4 Å². The zero-order valence-corrected chi connectivity index (χ0v) is 15.2. The number of hydrogen-bond donors (Lipinski definition) is 1. The first-order valence-electron chi connectivity index (χ1n) is 9.31. The molecule has 0 spiro atoms. The topological polar surface area (TPSA) is 60.7 Å². The van der Waals surface area contributed by atoms with E-state index in [0.29, 0.717) is 18.9 Å². The molecular weight excluding hydrogens is 354 g/mol. The van der Waals surface area contributed by atoms with Crippen LogP contribution < -0.4 is 14.8 Å². The quantitative estimate of drug-likeness (QED) is 0.585. The van der Waals surface area contributed by atoms with Gasteiger partial charge in [-0.1, -0.05) is 42.5 Å². The average molecular weight is 373 g/mol. The molecule has 1 atom stereocenters. The number of ether oxygens (including phenoxy) is 2. The highest BCUT2D eigenvalue weighted by atomic mass is 16.6. The summed E-state index contributed by atoms with van der Waals surface area (Å²) >= 11 is 0. The van der Waals surface area contributed by atoms with Crippen molar-refractivity contribution < 1.29 is 18.7 Å². The summed E-state index contributed by atoms with van der Waals surface area (Å²) in [6.07, 6.45) is 1.72. The molecule has 4 aromatic rings. The number of hydrogen-bond acceptors (Lipinski definition) is 4. The van der Waals surface area contributed by atoms with Crippen molar-refractivity contribution in [2.24, 2.45) is 0 Å². The fourth-order valence-electron chi connectivity index (χ4n) is 3.63. The Labute approximate surface area is 161 Å². The van der Waals surface area contributed by atoms with E-state index in [9.17, 15) is 4.79 Å². The summed E-state index contributed by atoms with van der Waals surface area (Å²) < 4.78 is 17.2. The Morgan fingerprint density at radius 1 is 1.00 bits per heavy atom. The van der Waals surface area contributed by atoms with Crippen LogP contribution in [-0.4, -0.2) is 25.2 Å². The maximum absolute atomic E-state index is 12.5. The molecule has 1 amide bonds. The summed E-state index contributed by atoms with van der Waals surface area (Å²) in [6, 6.07) is 19.6. The van der Waals surface area contributed by atoms with E-state index in [2.05, 4.69) is 17.4 Å². The van der Waals surface area contributed by atoms with E-state index in [1.165, 1.54) is 0 Å². The Bertz CT molecular complexity index is 1160. The molecule has 0 saturated heterocycles. The molecule has 0 fully saturated rings. The van der Waals surface area contributed by atoms with Crippen molar-refractivity contribution in [1.82, 2.24) is 5.32 Å². The summed E-state index contributed by atoms with van der Waals surface area (Å²) in [6.45, 7) is 0.806. The number of nitrogens with one attached hydrogen (secondary N) is 1. The highest BCUT2D eigenvalue weighted by molar-refractivity contribution is 6.08. The van der Waals surface area contributed by atoms with Gasteiger partial charge in [-0.15, -0.1) is 0 Å². The first-order valence-corrected chi connectivity index (χ1v) is 9.31. The fraction of sp³-hybridized carbons (Fsp3) is 0.174. The molecule has 0 bridgehead atoms. The minimum Gasteiger partial charge on any atom is -0.486 e. The van der Waals surface area contributed by atoms with Crippen molar-refractivity contribution in [3.63, 3.8) is 0 Å². The second kappa shape index (κ2) is 6.93. The van der Waals surface area contributed by atoms with Gasteiger partial charge < -0.3 is 19.2 Å². The van der Waals surface area contributed by atoms with Crippen LogP contribution in [0.1, 0.15) is 5.56 Å². The average Bonchev–Trinajstić information content (AvgIpc) is 3.15. The Balaban J connectivity index is 1.28. The maximum Gasteiger partial charge on any atom is 0.224 e. The zero-order chi connectivity index (χ0) is 18.9. The number of rotatable bonds is 4. The van der Waals surface area contributed by atoms with Crippen LogP contribution in [0.25, 0.3) is 21.7 Å². The van der Waals surface area contributed by atoms with E-state index in [0.717, 1.165) is 33.1 Å². The highest BCUT2D eigenvalue weighted by Crippen LogP contribution is 2.31. The summed E-state index contributed by atoms with van der Waals surface area (Å²) in [5.74, 6) is 1.38. The highest BCUT2D eigenvalue weighted by Gasteiger charge is 2.21. The molecule has 2 heterocycles. The second-order valence-electron chi connectivity index (χ2n) is 6.90. The lowest BCUT2D eigenvalue weighted by Gasteiger charge is -2.26. The van der Waals surface area contributed by atoms with Crippen LogP contribution in [0.15, 0.2) is 71.3 Å². The molecule has 5 nitrogen and oxygen atoms in total. The van der Waals surface area contributed by atoms with E-state index in [1.54, 1.807) is 6.26 Å². The molecule has 1 aliphatic heterocycles. The van der Waals surface area contributed by atoms with Gasteiger partial charge in [0, 0.05) is 10.9 Å². The maximum atomic E-state index is 12.5. The third kappa shape index (κ3) is 3.05. The summed E-state index contributed by atoms with van der Waals surface area (Å²) in [5.41, 5.74) is 1.68. The number of carbonyl (C=O) groups excluding carboxylic acids is 1. The first kappa shape index (κ1) is 16.7. The fourth-order valence-corrected chi connectivity index (χ4v) is 3.63. The van der Waals surface area contributed by atoms with Crippen molar-refractivity contribution in [3.8, 4) is 11.5 Å². The Hall–Kier alpha value is -3.47. The summed E-state index contributed by atoms with van der Waals surface area (Å²) in [4.78, 5) is 12.5. The van der Waals surface area contributed by atoms with Gasteiger partial charge in [0.05, 0.1) is 19.2 Å². The number of furan rings is 1. The second-order valence-corrected chi connectivity index (χ2v) is 6.90. The monoisotopic (exact) mass is 373 g/mol. The molecule has 5 heteroatoms. The van der Waals surface area contributed by atoms with E-state index >= 15 is 0 Å². The molecule has 3 aromatic carbocycles. The van der Waals surface area contributed by atoms with Gasteiger partial charge in [0.15, 0.2) is 11.5 Å². The van der Waals surface area contributed by atoms with Crippen molar-refractivity contribution in [1.29, 1.82) is 0 Å². The number of amides is 1. The molecule has 28 heavy (non-hydrogen) atoms. The standard InChI is InChI=1S/C23H19NO4/c25-22(24-12-17-14-27-19-7-3-4-8-20(19)28-17)11-16-13-26-21-10-9-15-5-1-2-6-18(15)23(16)21/h1-10,13,17H,11-12,14H2,(H,24,25)/t17-/m0/s1. The number of carbonyl (C=O) groups is 1. The van der Waals surface area contributed by atoms with Crippen LogP contribution in [0.3, 0.4) is 0 Å². The predicted octanol–water partition coefficient (Wildman–Crippen LogP) is 4.08. The van der Waals surface area contributed by atoms with Crippen molar-refractivity contribution in [2.75, 3.05) is 13.2 Å². The third-order valence-corrected chi connectivity index (χ3v) is 4.99. The SMILES string of the molecule is O=C(Cc1coc2ccc3ccccc3c12)NC[C@H]1COc2ccccc2O1. The molecule has 1 N–H and O–H groups in total. The lowest BCUT2D eigenvalue weighted by Crippen LogP contribution is -2.41. The molecule has 140 valence electrons.